The van der Waals surface area contributed by atoms with Crippen LogP contribution < -0.4 is 5.32 Å². The monoisotopic (exact) mass is 400 g/mol. The highest BCUT2D eigenvalue weighted by Crippen LogP contribution is 2.18. The second-order valence-corrected chi connectivity index (χ2v) is 7.85. The lowest BCUT2D eigenvalue weighted by atomic mass is 10.1. The van der Waals surface area contributed by atoms with E-state index in [1.807, 2.05) is 69.3 Å². The summed E-state index contributed by atoms with van der Waals surface area (Å²) in [5.41, 5.74) is 3.07. The average molecular weight is 401 g/mol. The van der Waals surface area contributed by atoms with Gasteiger partial charge in [0.2, 0.25) is 11.8 Å². The van der Waals surface area contributed by atoms with Gasteiger partial charge in [-0.05, 0) is 51.3 Å². The van der Waals surface area contributed by atoms with Crippen LogP contribution in [0.2, 0.25) is 5.02 Å². The number of nitrogens with zero attached hydrogens (tertiary/aromatic N) is 1. The van der Waals surface area contributed by atoms with Crippen molar-refractivity contribution < 1.29 is 9.59 Å². The molecule has 2 amide bonds. The first-order chi connectivity index (χ1) is 13.3. The van der Waals surface area contributed by atoms with E-state index in [9.17, 15) is 9.59 Å². The molecule has 4 nitrogen and oxygen atoms in total. The lowest BCUT2D eigenvalue weighted by molar-refractivity contribution is -0.140. The van der Waals surface area contributed by atoms with Gasteiger partial charge in [-0.15, -0.1) is 0 Å². The lowest BCUT2D eigenvalue weighted by Crippen LogP contribution is -2.49. The molecule has 2 aromatic rings. The average Bonchev–Trinajstić information content (AvgIpc) is 2.64. The van der Waals surface area contributed by atoms with Crippen molar-refractivity contribution >= 4 is 23.4 Å². The molecule has 0 aliphatic rings. The molecule has 0 bridgehead atoms. The number of benzene rings is 2. The molecule has 0 radical (unpaired) electrons. The Morgan fingerprint density at radius 1 is 1.07 bits per heavy atom. The number of carbonyl (C=O) groups excluding carboxylic acids is 2. The Kier molecular flexibility index (Phi) is 8.06. The van der Waals surface area contributed by atoms with Crippen LogP contribution in [0.3, 0.4) is 0 Å². The second-order valence-electron chi connectivity index (χ2n) is 7.44. The van der Waals surface area contributed by atoms with Crippen LogP contribution in [0.1, 0.15) is 43.9 Å². The Bertz CT molecular complexity index is 820. The van der Waals surface area contributed by atoms with Gasteiger partial charge in [-0.25, -0.2) is 0 Å². The third-order valence-corrected chi connectivity index (χ3v) is 4.97. The minimum Gasteiger partial charge on any atom is -0.352 e. The van der Waals surface area contributed by atoms with Crippen LogP contribution in [0.25, 0.3) is 0 Å². The molecule has 0 fully saturated rings. The van der Waals surface area contributed by atoms with Crippen molar-refractivity contribution in [3.05, 3.63) is 70.2 Å². The van der Waals surface area contributed by atoms with Gasteiger partial charge < -0.3 is 10.2 Å². The van der Waals surface area contributed by atoms with Crippen LogP contribution in [-0.4, -0.2) is 28.8 Å². The van der Waals surface area contributed by atoms with Gasteiger partial charge in [0, 0.05) is 24.0 Å². The fourth-order valence-corrected chi connectivity index (χ4v) is 3.31. The van der Waals surface area contributed by atoms with Crippen LogP contribution >= 0.6 is 11.6 Å². The van der Waals surface area contributed by atoms with Crippen molar-refractivity contribution in [3.63, 3.8) is 0 Å². The highest BCUT2D eigenvalue weighted by Gasteiger charge is 2.26. The SMILES string of the molecule is Cc1cccc(CN(C(=O)CCc2ccccc2Cl)[C@@H](C)C(=O)NC(C)C)c1. The van der Waals surface area contributed by atoms with Crippen molar-refractivity contribution in [2.24, 2.45) is 0 Å². The molecule has 0 unspecified atom stereocenters. The predicted octanol–water partition coefficient (Wildman–Crippen LogP) is 4.52. The summed E-state index contributed by atoms with van der Waals surface area (Å²) in [6, 6.07) is 15.0. The van der Waals surface area contributed by atoms with E-state index in [0.29, 0.717) is 24.4 Å². The predicted molar refractivity (Wildman–Crippen MR) is 114 cm³/mol. The Hall–Kier alpha value is -2.33. The van der Waals surface area contributed by atoms with Gasteiger partial charge >= 0.3 is 0 Å². The highest BCUT2D eigenvalue weighted by atomic mass is 35.5. The van der Waals surface area contributed by atoms with Gasteiger partial charge in [-0.1, -0.05) is 59.6 Å². The maximum Gasteiger partial charge on any atom is 0.242 e. The molecule has 0 saturated carbocycles. The van der Waals surface area contributed by atoms with E-state index in [0.717, 1.165) is 16.7 Å². The number of rotatable bonds is 8. The van der Waals surface area contributed by atoms with Gasteiger partial charge in [0.1, 0.15) is 6.04 Å². The van der Waals surface area contributed by atoms with Gasteiger partial charge in [0.05, 0.1) is 0 Å². The second kappa shape index (κ2) is 10.3. The minimum atomic E-state index is -0.554. The summed E-state index contributed by atoms with van der Waals surface area (Å²) >= 11 is 6.22. The molecule has 28 heavy (non-hydrogen) atoms. The van der Waals surface area contributed by atoms with Gasteiger partial charge in [-0.2, -0.15) is 0 Å². The summed E-state index contributed by atoms with van der Waals surface area (Å²) in [5.74, 6) is -0.207. The zero-order valence-electron chi connectivity index (χ0n) is 17.0. The molecule has 0 aromatic heterocycles. The van der Waals surface area contributed by atoms with Crippen molar-refractivity contribution in [1.29, 1.82) is 0 Å². The van der Waals surface area contributed by atoms with Gasteiger partial charge in [-0.3, -0.25) is 9.59 Å². The fraction of sp³-hybridized carbons (Fsp3) is 0.391. The number of carbonyl (C=O) groups is 2. The summed E-state index contributed by atoms with van der Waals surface area (Å²) in [4.78, 5) is 27.3. The molecule has 150 valence electrons. The number of hydrogen-bond donors (Lipinski definition) is 1. The number of aryl methyl sites for hydroxylation is 2. The zero-order valence-corrected chi connectivity index (χ0v) is 17.8. The van der Waals surface area contributed by atoms with E-state index in [1.54, 1.807) is 11.8 Å². The number of nitrogens with one attached hydrogen (secondary N) is 1. The van der Waals surface area contributed by atoms with Crippen molar-refractivity contribution in [1.82, 2.24) is 10.2 Å². The molecule has 1 N–H and O–H groups in total. The van der Waals surface area contributed by atoms with E-state index in [1.165, 1.54) is 0 Å². The fourth-order valence-electron chi connectivity index (χ4n) is 3.08. The molecule has 0 saturated heterocycles. The Morgan fingerprint density at radius 2 is 1.79 bits per heavy atom. The van der Waals surface area contributed by atoms with Crippen LogP contribution in [0, 0.1) is 6.92 Å². The van der Waals surface area contributed by atoms with Crippen LogP contribution in [0.5, 0.6) is 0 Å². The van der Waals surface area contributed by atoms with E-state index in [4.69, 9.17) is 11.6 Å². The Balaban J connectivity index is 2.17. The van der Waals surface area contributed by atoms with Crippen LogP contribution in [0.15, 0.2) is 48.5 Å². The molecule has 1 atom stereocenters. The molecule has 5 heteroatoms. The Morgan fingerprint density at radius 3 is 2.43 bits per heavy atom. The standard InChI is InChI=1S/C23H29ClN2O2/c1-16(2)25-23(28)18(4)26(15-19-9-7-8-17(3)14-19)22(27)13-12-20-10-5-6-11-21(20)24/h5-11,14,16,18H,12-13,15H2,1-4H3,(H,25,28)/t18-/m0/s1. The molecule has 2 aromatic carbocycles. The molecule has 0 aliphatic heterocycles. The number of amides is 2. The topological polar surface area (TPSA) is 49.4 Å². The molecule has 0 aliphatic carbocycles. The van der Waals surface area contributed by atoms with E-state index >= 15 is 0 Å². The lowest BCUT2D eigenvalue weighted by Gasteiger charge is -2.29. The smallest absolute Gasteiger partial charge is 0.242 e. The van der Waals surface area contributed by atoms with Crippen molar-refractivity contribution in [3.8, 4) is 0 Å². The molecular formula is C23H29ClN2O2. The number of hydrogen-bond acceptors (Lipinski definition) is 2. The first-order valence-electron chi connectivity index (χ1n) is 9.66. The maximum atomic E-state index is 13.1. The maximum absolute atomic E-state index is 13.1. The van der Waals surface area contributed by atoms with Crippen LogP contribution in [0.4, 0.5) is 0 Å². The van der Waals surface area contributed by atoms with Gasteiger partial charge in [0.15, 0.2) is 0 Å². The molecule has 2 rings (SSSR count). The molecule has 0 heterocycles. The summed E-state index contributed by atoms with van der Waals surface area (Å²) in [6.07, 6.45) is 0.843. The van der Waals surface area contributed by atoms with Gasteiger partial charge in [0.25, 0.3) is 0 Å². The summed E-state index contributed by atoms with van der Waals surface area (Å²) in [7, 11) is 0. The van der Waals surface area contributed by atoms with Crippen molar-refractivity contribution in [2.45, 2.75) is 59.2 Å². The summed E-state index contributed by atoms with van der Waals surface area (Å²) in [6.45, 7) is 8.02. The number of halogens is 1. The first-order valence-corrected chi connectivity index (χ1v) is 10.0. The van der Waals surface area contributed by atoms with E-state index < -0.39 is 6.04 Å². The normalized spacial score (nSPS) is 11.9. The minimum absolute atomic E-state index is 0.0222. The van der Waals surface area contributed by atoms with E-state index in [2.05, 4.69) is 5.32 Å². The zero-order chi connectivity index (χ0) is 20.7. The molecule has 0 spiro atoms. The third kappa shape index (κ3) is 6.38. The quantitative estimate of drug-likeness (QED) is 0.708. The van der Waals surface area contributed by atoms with Crippen LogP contribution in [-0.2, 0) is 22.6 Å². The van der Waals surface area contributed by atoms with E-state index in [-0.39, 0.29) is 17.9 Å². The summed E-state index contributed by atoms with van der Waals surface area (Å²) < 4.78 is 0. The largest absolute Gasteiger partial charge is 0.352 e. The summed E-state index contributed by atoms with van der Waals surface area (Å²) in [5, 5.41) is 3.56. The first kappa shape index (κ1) is 22.0. The highest BCUT2D eigenvalue weighted by molar-refractivity contribution is 6.31. The Labute approximate surface area is 172 Å². The van der Waals surface area contributed by atoms with Crippen molar-refractivity contribution in [2.75, 3.05) is 0 Å². The molecular weight excluding hydrogens is 372 g/mol. The third-order valence-electron chi connectivity index (χ3n) is 4.60.